The van der Waals surface area contributed by atoms with E-state index in [1.807, 2.05) is 36.4 Å². The molecule has 2 aromatic carbocycles. The number of methoxy groups -OCH3 is 1. The van der Waals surface area contributed by atoms with Gasteiger partial charge in [-0.3, -0.25) is 14.6 Å². The standard InChI is InChI=1S/C19H15N3O3/c1-25-13-7-6-11-8-12(10-20-16(11)9-13)18(23)22-17-14-4-2-3-5-15(14)21-19(17)24/h2-10,17H,1H3,(H,21,24)(H,22,23). The Labute approximate surface area is 143 Å². The maximum Gasteiger partial charge on any atom is 0.253 e. The summed E-state index contributed by atoms with van der Waals surface area (Å²) < 4.78 is 5.17. The number of nitrogens with zero attached hydrogens (tertiary/aromatic N) is 1. The Morgan fingerprint density at radius 1 is 1.20 bits per heavy atom. The first-order valence-electron chi connectivity index (χ1n) is 7.80. The van der Waals surface area contributed by atoms with Gasteiger partial charge in [0, 0.05) is 28.9 Å². The molecule has 25 heavy (non-hydrogen) atoms. The summed E-state index contributed by atoms with van der Waals surface area (Å²) in [6.45, 7) is 0. The first kappa shape index (κ1) is 15.1. The maximum atomic E-state index is 12.6. The molecule has 2 N–H and O–H groups in total. The number of aromatic nitrogens is 1. The van der Waals surface area contributed by atoms with Crippen LogP contribution in [0.2, 0.25) is 0 Å². The second-order valence-corrected chi connectivity index (χ2v) is 5.77. The molecule has 1 aromatic heterocycles. The van der Waals surface area contributed by atoms with Crippen molar-refractivity contribution in [2.75, 3.05) is 12.4 Å². The molecule has 6 nitrogen and oxygen atoms in total. The van der Waals surface area contributed by atoms with Crippen molar-refractivity contribution in [3.05, 3.63) is 65.9 Å². The van der Waals surface area contributed by atoms with Crippen LogP contribution in [-0.4, -0.2) is 23.9 Å². The van der Waals surface area contributed by atoms with Gasteiger partial charge in [0.1, 0.15) is 11.8 Å². The van der Waals surface area contributed by atoms with Crippen molar-refractivity contribution < 1.29 is 14.3 Å². The number of nitrogens with one attached hydrogen (secondary N) is 2. The molecule has 1 unspecified atom stereocenters. The van der Waals surface area contributed by atoms with Gasteiger partial charge in [0.2, 0.25) is 0 Å². The van der Waals surface area contributed by atoms with Crippen molar-refractivity contribution >= 4 is 28.4 Å². The van der Waals surface area contributed by atoms with Gasteiger partial charge in [-0.1, -0.05) is 18.2 Å². The number of rotatable bonds is 3. The van der Waals surface area contributed by atoms with Crippen LogP contribution in [0.4, 0.5) is 5.69 Å². The number of pyridine rings is 1. The molecule has 2 heterocycles. The smallest absolute Gasteiger partial charge is 0.253 e. The molecule has 6 heteroatoms. The molecule has 0 radical (unpaired) electrons. The van der Waals surface area contributed by atoms with E-state index in [0.717, 1.165) is 22.2 Å². The minimum Gasteiger partial charge on any atom is -0.497 e. The average Bonchev–Trinajstić information content (AvgIpc) is 2.96. The maximum absolute atomic E-state index is 12.6. The number of ether oxygens (including phenoxy) is 1. The predicted octanol–water partition coefficient (Wildman–Crippen LogP) is 2.67. The molecule has 0 aliphatic carbocycles. The summed E-state index contributed by atoms with van der Waals surface area (Å²) >= 11 is 0. The van der Waals surface area contributed by atoms with Crippen molar-refractivity contribution in [2.24, 2.45) is 0 Å². The van der Waals surface area contributed by atoms with E-state index in [2.05, 4.69) is 15.6 Å². The topological polar surface area (TPSA) is 80.3 Å². The fourth-order valence-electron chi connectivity index (χ4n) is 2.92. The zero-order valence-electron chi connectivity index (χ0n) is 13.4. The van der Waals surface area contributed by atoms with Crippen LogP contribution < -0.4 is 15.4 Å². The summed E-state index contributed by atoms with van der Waals surface area (Å²) in [5.74, 6) is 0.117. The molecular formula is C19H15N3O3. The highest BCUT2D eigenvalue weighted by molar-refractivity contribution is 6.06. The fraction of sp³-hybridized carbons (Fsp3) is 0.105. The zero-order chi connectivity index (χ0) is 17.4. The van der Waals surface area contributed by atoms with E-state index in [-0.39, 0.29) is 11.8 Å². The van der Waals surface area contributed by atoms with E-state index in [4.69, 9.17) is 4.74 Å². The summed E-state index contributed by atoms with van der Waals surface area (Å²) in [5.41, 5.74) is 2.62. The molecule has 1 aliphatic heterocycles. The quantitative estimate of drug-likeness (QED) is 0.772. The Bertz CT molecular complexity index is 1000. The summed E-state index contributed by atoms with van der Waals surface area (Å²) in [4.78, 5) is 29.0. The van der Waals surface area contributed by atoms with Gasteiger partial charge >= 0.3 is 0 Å². The predicted molar refractivity (Wildman–Crippen MR) is 93.6 cm³/mol. The van der Waals surface area contributed by atoms with Gasteiger partial charge in [-0.15, -0.1) is 0 Å². The molecule has 0 saturated heterocycles. The molecule has 1 atom stereocenters. The molecule has 0 bridgehead atoms. The van der Waals surface area contributed by atoms with Gasteiger partial charge in [0.25, 0.3) is 11.8 Å². The Balaban J connectivity index is 1.61. The number of carbonyl (C=O) groups excluding carboxylic acids is 2. The molecular weight excluding hydrogens is 318 g/mol. The minimum atomic E-state index is -0.699. The third-order valence-corrected chi connectivity index (χ3v) is 4.22. The third-order valence-electron chi connectivity index (χ3n) is 4.22. The Morgan fingerprint density at radius 3 is 2.88 bits per heavy atom. The average molecular weight is 333 g/mol. The lowest BCUT2D eigenvalue weighted by Gasteiger charge is -2.12. The fourth-order valence-corrected chi connectivity index (χ4v) is 2.92. The van der Waals surface area contributed by atoms with E-state index >= 15 is 0 Å². The highest BCUT2D eigenvalue weighted by atomic mass is 16.5. The highest BCUT2D eigenvalue weighted by Gasteiger charge is 2.31. The van der Waals surface area contributed by atoms with E-state index in [1.54, 1.807) is 19.2 Å². The molecule has 0 saturated carbocycles. The van der Waals surface area contributed by atoms with Crippen LogP contribution in [0.15, 0.2) is 54.7 Å². The summed E-state index contributed by atoms with van der Waals surface area (Å²) in [5, 5.41) is 6.36. The summed E-state index contributed by atoms with van der Waals surface area (Å²) in [7, 11) is 1.59. The van der Waals surface area contributed by atoms with Gasteiger partial charge in [-0.25, -0.2) is 0 Å². The number of hydrogen-bond donors (Lipinski definition) is 2. The molecule has 3 aromatic rings. The minimum absolute atomic E-state index is 0.243. The number of fused-ring (bicyclic) bond motifs is 2. The summed E-state index contributed by atoms with van der Waals surface area (Å²) in [6, 6.07) is 13.8. The van der Waals surface area contributed by atoms with Crippen LogP contribution in [0.25, 0.3) is 10.9 Å². The van der Waals surface area contributed by atoms with Crippen LogP contribution in [0.5, 0.6) is 5.75 Å². The lowest BCUT2D eigenvalue weighted by atomic mass is 10.1. The van der Waals surface area contributed by atoms with Crippen molar-refractivity contribution in [3.63, 3.8) is 0 Å². The molecule has 2 amide bonds. The van der Waals surface area contributed by atoms with Crippen LogP contribution in [0.3, 0.4) is 0 Å². The molecule has 0 fully saturated rings. The van der Waals surface area contributed by atoms with Crippen LogP contribution in [0, 0.1) is 0 Å². The molecule has 0 spiro atoms. The second kappa shape index (κ2) is 5.90. The van der Waals surface area contributed by atoms with Crippen molar-refractivity contribution in [2.45, 2.75) is 6.04 Å². The SMILES string of the molecule is COc1ccc2cc(C(=O)NC3C(=O)Nc4ccccc43)cnc2c1. The van der Waals surface area contributed by atoms with Gasteiger partial charge < -0.3 is 15.4 Å². The zero-order valence-corrected chi connectivity index (χ0v) is 13.4. The van der Waals surface area contributed by atoms with Crippen molar-refractivity contribution in [1.82, 2.24) is 10.3 Å². The van der Waals surface area contributed by atoms with Crippen LogP contribution in [0.1, 0.15) is 22.0 Å². The monoisotopic (exact) mass is 333 g/mol. The Hall–Kier alpha value is -3.41. The van der Waals surface area contributed by atoms with Crippen molar-refractivity contribution in [3.8, 4) is 5.75 Å². The number of hydrogen-bond acceptors (Lipinski definition) is 4. The number of anilines is 1. The number of amides is 2. The lowest BCUT2D eigenvalue weighted by molar-refractivity contribution is -0.117. The highest BCUT2D eigenvalue weighted by Crippen LogP contribution is 2.30. The first-order chi connectivity index (χ1) is 12.2. The van der Waals surface area contributed by atoms with Gasteiger partial charge in [-0.05, 0) is 24.3 Å². The van der Waals surface area contributed by atoms with Crippen LogP contribution >= 0.6 is 0 Å². The first-order valence-corrected chi connectivity index (χ1v) is 7.80. The molecule has 1 aliphatic rings. The lowest BCUT2D eigenvalue weighted by Crippen LogP contribution is -2.32. The summed E-state index contributed by atoms with van der Waals surface area (Å²) in [6.07, 6.45) is 1.50. The molecule has 4 rings (SSSR count). The molecule has 124 valence electrons. The van der Waals surface area contributed by atoms with E-state index in [0.29, 0.717) is 11.3 Å². The number of para-hydroxylation sites is 1. The van der Waals surface area contributed by atoms with Crippen molar-refractivity contribution in [1.29, 1.82) is 0 Å². The third kappa shape index (κ3) is 2.67. The van der Waals surface area contributed by atoms with Crippen LogP contribution in [-0.2, 0) is 4.79 Å². The number of benzene rings is 2. The van der Waals surface area contributed by atoms with E-state index in [9.17, 15) is 9.59 Å². The van der Waals surface area contributed by atoms with Gasteiger partial charge in [0.15, 0.2) is 0 Å². The normalized spacial score (nSPS) is 15.6. The van der Waals surface area contributed by atoms with Gasteiger partial charge in [0.05, 0.1) is 18.2 Å². The largest absolute Gasteiger partial charge is 0.497 e. The van der Waals surface area contributed by atoms with Gasteiger partial charge in [-0.2, -0.15) is 0 Å². The number of carbonyl (C=O) groups is 2. The Kier molecular flexibility index (Phi) is 3.57. The second-order valence-electron chi connectivity index (χ2n) is 5.77. The van der Waals surface area contributed by atoms with E-state index in [1.165, 1.54) is 6.20 Å². The Morgan fingerprint density at radius 2 is 2.04 bits per heavy atom. The van der Waals surface area contributed by atoms with E-state index < -0.39 is 6.04 Å².